The van der Waals surface area contributed by atoms with Crippen LogP contribution in [0.1, 0.15) is 67.7 Å². The van der Waals surface area contributed by atoms with Crippen molar-refractivity contribution in [3.8, 4) is 0 Å². The lowest BCUT2D eigenvalue weighted by atomic mass is 9.83. The lowest BCUT2D eigenvalue weighted by Gasteiger charge is -2.35. The van der Waals surface area contributed by atoms with E-state index in [2.05, 4.69) is 15.7 Å². The summed E-state index contributed by atoms with van der Waals surface area (Å²) in [7, 11) is 3.49. The molecule has 1 aromatic heterocycles. The number of nitrogens with one attached hydrogen (secondary N) is 2. The number of methoxy groups -OCH3 is 1. The van der Waals surface area contributed by atoms with Crippen LogP contribution in [0.15, 0.2) is 0 Å². The molecule has 7 heteroatoms. The normalized spacial score (nSPS) is 25.1. The number of carbonyl (C=O) groups is 2. The van der Waals surface area contributed by atoms with Gasteiger partial charge in [0, 0.05) is 31.7 Å². The van der Waals surface area contributed by atoms with E-state index in [0.29, 0.717) is 12.1 Å². The molecule has 0 aliphatic heterocycles. The topological polar surface area (TPSA) is 85.2 Å². The molecule has 0 spiro atoms. The lowest BCUT2D eigenvalue weighted by molar-refractivity contribution is -0.128. The van der Waals surface area contributed by atoms with Gasteiger partial charge in [0.2, 0.25) is 5.91 Å². The van der Waals surface area contributed by atoms with Crippen molar-refractivity contribution in [3.05, 3.63) is 17.0 Å². The fourth-order valence-corrected chi connectivity index (χ4v) is 4.40. The number of carbonyl (C=O) groups excluding carboxylic acids is 2. The Bertz CT molecular complexity index is 698. The van der Waals surface area contributed by atoms with Crippen molar-refractivity contribution in [1.82, 2.24) is 20.4 Å². The second-order valence-electron chi connectivity index (χ2n) is 8.13. The number of nitrogens with zero attached hydrogens (tertiary/aromatic N) is 2. The summed E-state index contributed by atoms with van der Waals surface area (Å²) in [5, 5.41) is 10.7. The average Bonchev–Trinajstić information content (AvgIpc) is 2.97. The number of hydrogen-bond acceptors (Lipinski definition) is 4. The first-order chi connectivity index (χ1) is 12.9. The first kappa shape index (κ1) is 19.9. The minimum atomic E-state index is -0.158. The van der Waals surface area contributed by atoms with Crippen LogP contribution in [-0.4, -0.2) is 46.9 Å². The van der Waals surface area contributed by atoms with Crippen molar-refractivity contribution in [2.24, 2.45) is 13.0 Å². The minimum Gasteiger partial charge on any atom is -0.379 e. The smallest absolute Gasteiger partial charge is 0.270 e. The standard InChI is InChI=1S/C20H32N4O3/c1-12(2)21-19(25)13-9-10-16(17(11-13)27-4)22-20(26)18-14-7-5-6-8-15(14)23-24(18)3/h12-13,16-17H,5-11H2,1-4H3,(H,21,25)(H,22,26)/t13-,16+,17+/m0/s1. The van der Waals surface area contributed by atoms with Crippen molar-refractivity contribution >= 4 is 11.8 Å². The molecule has 0 bridgehead atoms. The Kier molecular flexibility index (Phi) is 6.19. The van der Waals surface area contributed by atoms with Gasteiger partial charge in [-0.15, -0.1) is 0 Å². The van der Waals surface area contributed by atoms with Gasteiger partial charge in [-0.3, -0.25) is 14.3 Å². The Morgan fingerprint density at radius 3 is 2.67 bits per heavy atom. The van der Waals surface area contributed by atoms with Gasteiger partial charge in [-0.2, -0.15) is 5.10 Å². The van der Waals surface area contributed by atoms with Crippen LogP contribution in [-0.2, 0) is 29.4 Å². The third-order valence-electron chi connectivity index (χ3n) is 5.75. The highest BCUT2D eigenvalue weighted by molar-refractivity contribution is 5.94. The Hall–Kier alpha value is -1.89. The molecule has 1 aromatic rings. The number of fused-ring (bicyclic) bond motifs is 1. The number of aryl methyl sites for hydroxylation is 2. The van der Waals surface area contributed by atoms with Crippen LogP contribution in [0.3, 0.4) is 0 Å². The molecule has 2 aliphatic rings. The van der Waals surface area contributed by atoms with Crippen LogP contribution in [0.2, 0.25) is 0 Å². The van der Waals surface area contributed by atoms with Gasteiger partial charge in [-0.05, 0) is 58.8 Å². The molecule has 150 valence electrons. The van der Waals surface area contributed by atoms with Gasteiger partial charge in [-0.25, -0.2) is 0 Å². The van der Waals surface area contributed by atoms with E-state index in [1.807, 2.05) is 20.9 Å². The van der Waals surface area contributed by atoms with E-state index >= 15 is 0 Å². The van der Waals surface area contributed by atoms with Crippen molar-refractivity contribution < 1.29 is 14.3 Å². The molecule has 7 nitrogen and oxygen atoms in total. The number of amides is 2. The largest absolute Gasteiger partial charge is 0.379 e. The molecule has 2 amide bonds. The first-order valence-electron chi connectivity index (χ1n) is 10.1. The predicted octanol–water partition coefficient (Wildman–Crippen LogP) is 1.74. The molecule has 2 aliphatic carbocycles. The molecule has 27 heavy (non-hydrogen) atoms. The Labute approximate surface area is 161 Å². The molecule has 0 radical (unpaired) electrons. The second kappa shape index (κ2) is 8.42. The Morgan fingerprint density at radius 2 is 1.96 bits per heavy atom. The van der Waals surface area contributed by atoms with Crippen molar-refractivity contribution in [2.45, 2.75) is 77.0 Å². The minimum absolute atomic E-state index is 0.0602. The molecule has 3 rings (SSSR count). The first-order valence-corrected chi connectivity index (χ1v) is 10.1. The van der Waals surface area contributed by atoms with Gasteiger partial charge in [0.25, 0.3) is 5.91 Å². The average molecular weight is 377 g/mol. The maximum Gasteiger partial charge on any atom is 0.270 e. The Balaban J connectivity index is 1.66. The lowest BCUT2D eigenvalue weighted by Crippen LogP contribution is -2.50. The molecule has 1 heterocycles. The van der Waals surface area contributed by atoms with Gasteiger partial charge < -0.3 is 15.4 Å². The van der Waals surface area contributed by atoms with Crippen LogP contribution in [0.5, 0.6) is 0 Å². The van der Waals surface area contributed by atoms with E-state index in [-0.39, 0.29) is 35.9 Å². The molecule has 0 unspecified atom stereocenters. The van der Waals surface area contributed by atoms with Crippen LogP contribution in [0.25, 0.3) is 0 Å². The van der Waals surface area contributed by atoms with E-state index in [9.17, 15) is 9.59 Å². The molecule has 3 atom stereocenters. The summed E-state index contributed by atoms with van der Waals surface area (Å²) in [6, 6.07) is 0.0479. The zero-order valence-electron chi connectivity index (χ0n) is 16.9. The highest BCUT2D eigenvalue weighted by atomic mass is 16.5. The van der Waals surface area contributed by atoms with Crippen molar-refractivity contribution in [2.75, 3.05) is 7.11 Å². The molecule has 2 N–H and O–H groups in total. The summed E-state index contributed by atoms with van der Waals surface area (Å²) >= 11 is 0. The number of aromatic nitrogens is 2. The highest BCUT2D eigenvalue weighted by Gasteiger charge is 2.36. The predicted molar refractivity (Wildman–Crippen MR) is 103 cm³/mol. The number of rotatable bonds is 5. The third kappa shape index (κ3) is 4.34. The quantitative estimate of drug-likeness (QED) is 0.820. The third-order valence-corrected chi connectivity index (χ3v) is 5.75. The van der Waals surface area contributed by atoms with E-state index in [1.54, 1.807) is 11.8 Å². The van der Waals surface area contributed by atoms with Crippen LogP contribution in [0, 0.1) is 5.92 Å². The van der Waals surface area contributed by atoms with E-state index in [1.165, 1.54) is 0 Å². The summed E-state index contributed by atoms with van der Waals surface area (Å²) in [6.07, 6.45) is 6.08. The monoisotopic (exact) mass is 376 g/mol. The van der Waals surface area contributed by atoms with E-state index in [0.717, 1.165) is 49.8 Å². The fraction of sp³-hybridized carbons (Fsp3) is 0.750. The Morgan fingerprint density at radius 1 is 1.22 bits per heavy atom. The molecule has 0 aromatic carbocycles. The van der Waals surface area contributed by atoms with Crippen LogP contribution in [0.4, 0.5) is 0 Å². The fourth-order valence-electron chi connectivity index (χ4n) is 4.40. The summed E-state index contributed by atoms with van der Waals surface area (Å²) in [5.74, 6) is -0.0576. The molecule has 1 saturated carbocycles. The van der Waals surface area contributed by atoms with Gasteiger partial charge in [0.15, 0.2) is 0 Å². The van der Waals surface area contributed by atoms with Crippen molar-refractivity contribution in [1.29, 1.82) is 0 Å². The summed E-state index contributed by atoms with van der Waals surface area (Å²) in [6.45, 7) is 3.93. The maximum absolute atomic E-state index is 13.0. The maximum atomic E-state index is 13.0. The number of ether oxygens (including phenoxy) is 1. The molecular formula is C20H32N4O3. The zero-order valence-corrected chi connectivity index (χ0v) is 16.9. The SMILES string of the molecule is CO[C@@H]1C[C@@H](C(=O)NC(C)C)CC[C@H]1NC(=O)c1c2c(nn1C)CCCC2. The molecule has 1 fully saturated rings. The summed E-state index contributed by atoms with van der Waals surface area (Å²) < 4.78 is 7.35. The van der Waals surface area contributed by atoms with Crippen molar-refractivity contribution in [3.63, 3.8) is 0 Å². The molecular weight excluding hydrogens is 344 g/mol. The highest BCUT2D eigenvalue weighted by Crippen LogP contribution is 2.28. The summed E-state index contributed by atoms with van der Waals surface area (Å²) in [5.41, 5.74) is 2.84. The van der Waals surface area contributed by atoms with Gasteiger partial charge in [-0.1, -0.05) is 0 Å². The zero-order chi connectivity index (χ0) is 19.6. The van der Waals surface area contributed by atoms with Gasteiger partial charge >= 0.3 is 0 Å². The molecule has 0 saturated heterocycles. The van der Waals surface area contributed by atoms with Gasteiger partial charge in [0.05, 0.1) is 17.8 Å². The summed E-state index contributed by atoms with van der Waals surface area (Å²) in [4.78, 5) is 25.3. The number of hydrogen-bond donors (Lipinski definition) is 2. The van der Waals surface area contributed by atoms with Crippen LogP contribution < -0.4 is 10.6 Å². The van der Waals surface area contributed by atoms with E-state index in [4.69, 9.17) is 4.74 Å². The van der Waals surface area contributed by atoms with E-state index < -0.39 is 0 Å². The van der Waals surface area contributed by atoms with Gasteiger partial charge in [0.1, 0.15) is 5.69 Å². The second-order valence-corrected chi connectivity index (χ2v) is 8.13. The van der Waals surface area contributed by atoms with Crippen LogP contribution >= 0.6 is 0 Å².